The van der Waals surface area contributed by atoms with Gasteiger partial charge < -0.3 is 14.4 Å². The quantitative estimate of drug-likeness (QED) is 0.630. The van der Waals surface area contributed by atoms with Gasteiger partial charge in [-0.1, -0.05) is 6.07 Å². The van der Waals surface area contributed by atoms with E-state index in [4.69, 9.17) is 9.47 Å². The molecule has 0 radical (unpaired) electrons. The van der Waals surface area contributed by atoms with Gasteiger partial charge in [0.2, 0.25) is 0 Å². The van der Waals surface area contributed by atoms with Crippen molar-refractivity contribution in [3.05, 3.63) is 28.8 Å². The molecule has 0 saturated carbocycles. The number of likely N-dealkylation sites (tertiary alicyclic amines) is 1. The van der Waals surface area contributed by atoms with Gasteiger partial charge >= 0.3 is 12.1 Å². The van der Waals surface area contributed by atoms with Gasteiger partial charge in [-0.2, -0.15) is 0 Å². The van der Waals surface area contributed by atoms with Gasteiger partial charge in [0.25, 0.3) is 0 Å². The third-order valence-corrected chi connectivity index (χ3v) is 3.77. The number of Topliss-reactive ketones (excluding diaryl/α,β-unsaturated/α-hetero) is 1. The van der Waals surface area contributed by atoms with Crippen LogP contribution < -0.4 is 4.74 Å². The highest BCUT2D eigenvalue weighted by molar-refractivity contribution is 6.04. The molecule has 1 saturated heterocycles. The average molecular weight is 319 g/mol. The fraction of sp³-hybridized carbons (Fsp3) is 0.471. The van der Waals surface area contributed by atoms with Gasteiger partial charge in [0, 0.05) is 13.1 Å². The van der Waals surface area contributed by atoms with Crippen LogP contribution in [0.1, 0.15) is 53.0 Å². The fourth-order valence-electron chi connectivity index (χ4n) is 2.65. The molecular weight excluding hydrogens is 298 g/mol. The molecule has 0 aliphatic carbocycles. The zero-order valence-corrected chi connectivity index (χ0v) is 13.7. The van der Waals surface area contributed by atoms with Crippen LogP contribution >= 0.6 is 0 Å². The Morgan fingerprint density at radius 1 is 1.17 bits per heavy atom. The Bertz CT molecular complexity index is 632. The van der Waals surface area contributed by atoms with E-state index in [1.54, 1.807) is 24.8 Å². The molecule has 0 atom stereocenters. The summed E-state index contributed by atoms with van der Waals surface area (Å²) in [4.78, 5) is 37.9. The summed E-state index contributed by atoms with van der Waals surface area (Å²) in [6.07, 6.45) is 1.31. The molecule has 0 aromatic heterocycles. The summed E-state index contributed by atoms with van der Waals surface area (Å²) in [5, 5.41) is 0. The minimum absolute atomic E-state index is 0.00662. The monoisotopic (exact) mass is 319 g/mol. The van der Waals surface area contributed by atoms with E-state index in [-0.39, 0.29) is 29.3 Å². The maximum atomic E-state index is 12.3. The van der Waals surface area contributed by atoms with Crippen LogP contribution in [0, 0.1) is 6.92 Å². The van der Waals surface area contributed by atoms with Gasteiger partial charge in [-0.05, 0) is 45.2 Å². The Morgan fingerprint density at radius 2 is 1.83 bits per heavy atom. The number of amides is 1. The van der Waals surface area contributed by atoms with E-state index in [0.717, 1.165) is 12.8 Å². The first-order chi connectivity index (χ1) is 11.0. The number of rotatable bonds is 4. The van der Waals surface area contributed by atoms with Crippen molar-refractivity contribution < 1.29 is 23.9 Å². The lowest BCUT2D eigenvalue weighted by atomic mass is 10.00. The van der Waals surface area contributed by atoms with E-state index < -0.39 is 12.1 Å². The smallest absolute Gasteiger partial charge is 0.415 e. The minimum atomic E-state index is -0.612. The molecule has 1 aliphatic rings. The van der Waals surface area contributed by atoms with E-state index in [9.17, 15) is 14.4 Å². The van der Waals surface area contributed by atoms with Crippen molar-refractivity contribution in [1.82, 2.24) is 4.90 Å². The number of esters is 1. The fourth-order valence-corrected chi connectivity index (χ4v) is 2.65. The Hall–Kier alpha value is -2.37. The van der Waals surface area contributed by atoms with Crippen LogP contribution in [-0.2, 0) is 4.74 Å². The van der Waals surface area contributed by atoms with Crippen molar-refractivity contribution >= 4 is 17.8 Å². The summed E-state index contributed by atoms with van der Waals surface area (Å²) in [5.41, 5.74) is 0.980. The molecule has 1 amide bonds. The molecule has 0 N–H and O–H groups in total. The molecule has 1 aliphatic heterocycles. The van der Waals surface area contributed by atoms with Crippen LogP contribution in [0.2, 0.25) is 0 Å². The third kappa shape index (κ3) is 3.70. The number of carbonyl (C=O) groups excluding carboxylic acids is 3. The first kappa shape index (κ1) is 17.0. The van der Waals surface area contributed by atoms with Crippen LogP contribution in [0.25, 0.3) is 0 Å². The molecule has 1 fully saturated rings. The maximum absolute atomic E-state index is 12.3. The van der Waals surface area contributed by atoms with Gasteiger partial charge in [0.05, 0.1) is 12.2 Å². The van der Waals surface area contributed by atoms with E-state index in [0.29, 0.717) is 18.7 Å². The highest BCUT2D eigenvalue weighted by Gasteiger charge is 2.27. The Balaban J connectivity index is 2.43. The first-order valence-corrected chi connectivity index (χ1v) is 7.74. The number of ketones is 1. The third-order valence-electron chi connectivity index (χ3n) is 3.77. The maximum Gasteiger partial charge on any atom is 0.415 e. The van der Waals surface area contributed by atoms with Crippen molar-refractivity contribution in [1.29, 1.82) is 0 Å². The summed E-state index contributed by atoms with van der Waals surface area (Å²) in [6.45, 7) is 6.24. The summed E-state index contributed by atoms with van der Waals surface area (Å²) in [5.74, 6) is -0.884. The van der Waals surface area contributed by atoms with Crippen molar-refractivity contribution in [3.63, 3.8) is 0 Å². The molecule has 23 heavy (non-hydrogen) atoms. The molecule has 2 rings (SSSR count). The second-order valence-electron chi connectivity index (χ2n) is 5.47. The first-order valence-electron chi connectivity index (χ1n) is 7.74. The van der Waals surface area contributed by atoms with Crippen molar-refractivity contribution in [2.24, 2.45) is 0 Å². The van der Waals surface area contributed by atoms with Crippen LogP contribution in [0.3, 0.4) is 0 Å². The number of hydrogen-bond donors (Lipinski definition) is 0. The molecule has 0 bridgehead atoms. The number of benzene rings is 1. The number of hydrogen-bond acceptors (Lipinski definition) is 5. The van der Waals surface area contributed by atoms with Crippen LogP contribution in [0.4, 0.5) is 4.79 Å². The highest BCUT2D eigenvalue weighted by Crippen LogP contribution is 2.29. The predicted molar refractivity (Wildman–Crippen MR) is 84.0 cm³/mol. The van der Waals surface area contributed by atoms with Crippen molar-refractivity contribution in [2.45, 2.75) is 33.6 Å². The summed E-state index contributed by atoms with van der Waals surface area (Å²) < 4.78 is 10.4. The summed E-state index contributed by atoms with van der Waals surface area (Å²) >= 11 is 0. The molecule has 6 nitrogen and oxygen atoms in total. The molecule has 6 heteroatoms. The van der Waals surface area contributed by atoms with Crippen LogP contribution in [0.5, 0.6) is 5.75 Å². The number of nitrogens with zero attached hydrogens (tertiary/aromatic N) is 1. The molecule has 124 valence electrons. The van der Waals surface area contributed by atoms with Gasteiger partial charge in [0.15, 0.2) is 11.5 Å². The topological polar surface area (TPSA) is 72.9 Å². The second kappa shape index (κ2) is 7.26. The number of carbonyl (C=O) groups is 3. The van der Waals surface area contributed by atoms with E-state index in [1.165, 1.54) is 13.0 Å². The standard InChI is InChI=1S/C17H21NO5/c1-4-22-16(20)13-8-7-11(2)14(12(3)19)15(13)23-17(21)18-9-5-6-10-18/h7-8H,4-6,9-10H2,1-3H3. The van der Waals surface area contributed by atoms with Crippen molar-refractivity contribution in [3.8, 4) is 5.75 Å². The largest absolute Gasteiger partial charge is 0.462 e. The summed E-state index contributed by atoms with van der Waals surface area (Å²) in [6, 6.07) is 3.17. The zero-order valence-electron chi connectivity index (χ0n) is 13.7. The van der Waals surface area contributed by atoms with E-state index >= 15 is 0 Å². The number of ether oxygens (including phenoxy) is 2. The van der Waals surface area contributed by atoms with Gasteiger partial charge in [-0.25, -0.2) is 9.59 Å². The lowest BCUT2D eigenvalue weighted by Gasteiger charge is -2.19. The Kier molecular flexibility index (Phi) is 5.36. The molecule has 0 spiro atoms. The van der Waals surface area contributed by atoms with Gasteiger partial charge in [-0.3, -0.25) is 4.79 Å². The lowest BCUT2D eigenvalue weighted by Crippen LogP contribution is -2.31. The number of aryl methyl sites for hydroxylation is 1. The zero-order chi connectivity index (χ0) is 17.0. The highest BCUT2D eigenvalue weighted by atomic mass is 16.6. The van der Waals surface area contributed by atoms with Gasteiger partial charge in [0.1, 0.15) is 5.56 Å². The molecule has 1 aromatic carbocycles. The van der Waals surface area contributed by atoms with Crippen LogP contribution in [-0.4, -0.2) is 42.4 Å². The van der Waals surface area contributed by atoms with E-state index in [1.807, 2.05) is 0 Å². The predicted octanol–water partition coefficient (Wildman–Crippen LogP) is 2.97. The Morgan fingerprint density at radius 3 is 2.39 bits per heavy atom. The lowest BCUT2D eigenvalue weighted by molar-refractivity contribution is 0.0523. The molecule has 1 aromatic rings. The van der Waals surface area contributed by atoms with Crippen molar-refractivity contribution in [2.75, 3.05) is 19.7 Å². The summed E-state index contributed by atoms with van der Waals surface area (Å²) in [7, 11) is 0. The van der Waals surface area contributed by atoms with E-state index in [2.05, 4.69) is 0 Å². The van der Waals surface area contributed by atoms with Gasteiger partial charge in [-0.15, -0.1) is 0 Å². The normalized spacial score (nSPS) is 13.8. The van der Waals surface area contributed by atoms with Crippen LogP contribution in [0.15, 0.2) is 12.1 Å². The second-order valence-corrected chi connectivity index (χ2v) is 5.47. The molecule has 0 unspecified atom stereocenters. The average Bonchev–Trinajstić information content (AvgIpc) is 3.01. The molecular formula is C17H21NO5. The Labute approximate surface area is 135 Å². The SMILES string of the molecule is CCOC(=O)c1ccc(C)c(C(C)=O)c1OC(=O)N1CCCC1. The molecule has 1 heterocycles. The minimum Gasteiger partial charge on any atom is -0.462 e.